The van der Waals surface area contributed by atoms with E-state index in [9.17, 15) is 22.8 Å². The Labute approximate surface area is 163 Å². The van der Waals surface area contributed by atoms with Gasteiger partial charge in [0, 0.05) is 30.7 Å². The number of amides is 2. The second-order valence-corrected chi connectivity index (χ2v) is 5.78. The van der Waals surface area contributed by atoms with Crippen molar-refractivity contribution in [3.63, 3.8) is 0 Å². The molecule has 0 aliphatic rings. The van der Waals surface area contributed by atoms with E-state index < -0.39 is 30.0 Å². The van der Waals surface area contributed by atoms with Crippen LogP contribution >= 0.6 is 0 Å². The molecule has 2 N–H and O–H groups in total. The zero-order valence-electron chi connectivity index (χ0n) is 14.8. The van der Waals surface area contributed by atoms with Crippen LogP contribution in [0.4, 0.5) is 18.9 Å². The molecule has 150 valence electrons. The van der Waals surface area contributed by atoms with E-state index in [0.717, 1.165) is 29.4 Å². The highest BCUT2D eigenvalue weighted by Gasteiger charge is 2.16. The van der Waals surface area contributed by atoms with Gasteiger partial charge in [0.1, 0.15) is 0 Å². The molecule has 0 saturated carbocycles. The van der Waals surface area contributed by atoms with Crippen molar-refractivity contribution in [1.29, 1.82) is 0 Å². The van der Waals surface area contributed by atoms with Crippen molar-refractivity contribution in [2.45, 2.75) is 13.2 Å². The number of nitrogens with one attached hydrogen (secondary N) is 2. The molecular weight excluding hydrogens is 389 g/mol. The highest BCUT2D eigenvalue weighted by atomic mass is 19.3. The Bertz CT molecular complexity index is 1010. The lowest BCUT2D eigenvalue weighted by Crippen LogP contribution is -2.35. The second-order valence-electron chi connectivity index (χ2n) is 5.78. The SMILES string of the molecule is O=C(NCc1cccc(-n2cccn2)c1)C(=O)Nc1ccc(OC(F)F)c(F)c1. The van der Waals surface area contributed by atoms with E-state index in [0.29, 0.717) is 0 Å². The Morgan fingerprint density at radius 2 is 1.93 bits per heavy atom. The third kappa shape index (κ3) is 5.34. The number of carbonyl (C=O) groups is 2. The molecule has 0 atom stereocenters. The molecule has 29 heavy (non-hydrogen) atoms. The van der Waals surface area contributed by atoms with Crippen molar-refractivity contribution in [3.05, 3.63) is 72.3 Å². The van der Waals surface area contributed by atoms with E-state index in [1.54, 1.807) is 41.3 Å². The molecule has 2 amide bonds. The first-order valence-electron chi connectivity index (χ1n) is 8.35. The van der Waals surface area contributed by atoms with Gasteiger partial charge in [-0.05, 0) is 35.9 Å². The van der Waals surface area contributed by atoms with Gasteiger partial charge in [-0.1, -0.05) is 12.1 Å². The maximum Gasteiger partial charge on any atom is 0.387 e. The smallest absolute Gasteiger partial charge is 0.387 e. The first-order valence-corrected chi connectivity index (χ1v) is 8.35. The number of carbonyl (C=O) groups excluding carboxylic acids is 2. The normalized spacial score (nSPS) is 10.6. The number of rotatable bonds is 6. The quantitative estimate of drug-likeness (QED) is 0.619. The lowest BCUT2D eigenvalue weighted by atomic mass is 10.2. The average Bonchev–Trinajstić information content (AvgIpc) is 3.23. The first-order chi connectivity index (χ1) is 13.9. The summed E-state index contributed by atoms with van der Waals surface area (Å²) in [7, 11) is 0. The fourth-order valence-electron chi connectivity index (χ4n) is 2.45. The molecule has 0 aliphatic carbocycles. The fourth-order valence-corrected chi connectivity index (χ4v) is 2.45. The molecule has 0 radical (unpaired) electrons. The fraction of sp³-hybridized carbons (Fsp3) is 0.105. The van der Waals surface area contributed by atoms with E-state index in [-0.39, 0.29) is 12.2 Å². The van der Waals surface area contributed by atoms with Crippen LogP contribution in [0.5, 0.6) is 5.75 Å². The van der Waals surface area contributed by atoms with Crippen molar-refractivity contribution in [1.82, 2.24) is 15.1 Å². The van der Waals surface area contributed by atoms with Gasteiger partial charge in [0.15, 0.2) is 11.6 Å². The summed E-state index contributed by atoms with van der Waals surface area (Å²) in [5.74, 6) is -3.74. The monoisotopic (exact) mass is 404 g/mol. The Kier molecular flexibility index (Phi) is 6.12. The van der Waals surface area contributed by atoms with E-state index in [1.807, 2.05) is 6.07 Å². The van der Waals surface area contributed by atoms with Crippen LogP contribution in [0.1, 0.15) is 5.56 Å². The van der Waals surface area contributed by atoms with Gasteiger partial charge in [-0.25, -0.2) is 9.07 Å². The minimum atomic E-state index is -3.18. The number of ether oxygens (including phenoxy) is 1. The maximum absolute atomic E-state index is 13.7. The van der Waals surface area contributed by atoms with Gasteiger partial charge in [-0.3, -0.25) is 9.59 Å². The first kappa shape index (κ1) is 19.9. The molecule has 0 aliphatic heterocycles. The summed E-state index contributed by atoms with van der Waals surface area (Å²) in [6.45, 7) is -3.10. The predicted octanol–water partition coefficient (Wildman–Crippen LogP) is 2.87. The Morgan fingerprint density at radius 3 is 2.62 bits per heavy atom. The van der Waals surface area contributed by atoms with Crippen molar-refractivity contribution in [2.75, 3.05) is 5.32 Å². The number of benzene rings is 2. The molecule has 1 aromatic heterocycles. The molecule has 0 unspecified atom stereocenters. The summed E-state index contributed by atoms with van der Waals surface area (Å²) in [4.78, 5) is 23.9. The molecule has 10 heteroatoms. The second kappa shape index (κ2) is 8.91. The number of hydrogen-bond donors (Lipinski definition) is 2. The third-order valence-corrected chi connectivity index (χ3v) is 3.74. The molecule has 3 rings (SSSR count). The molecule has 0 fully saturated rings. The van der Waals surface area contributed by atoms with E-state index in [4.69, 9.17) is 0 Å². The summed E-state index contributed by atoms with van der Waals surface area (Å²) in [5.41, 5.74) is 1.44. The summed E-state index contributed by atoms with van der Waals surface area (Å²) in [6, 6.07) is 11.8. The van der Waals surface area contributed by atoms with Crippen LogP contribution < -0.4 is 15.4 Å². The number of halogens is 3. The van der Waals surface area contributed by atoms with Crippen molar-refractivity contribution in [2.24, 2.45) is 0 Å². The summed E-state index contributed by atoms with van der Waals surface area (Å²) in [6.07, 6.45) is 3.40. The van der Waals surface area contributed by atoms with Crippen molar-refractivity contribution >= 4 is 17.5 Å². The zero-order valence-corrected chi connectivity index (χ0v) is 14.8. The maximum atomic E-state index is 13.7. The van der Waals surface area contributed by atoms with Crippen LogP contribution in [0.3, 0.4) is 0 Å². The third-order valence-electron chi connectivity index (χ3n) is 3.74. The average molecular weight is 404 g/mol. The van der Waals surface area contributed by atoms with Crippen molar-refractivity contribution in [3.8, 4) is 11.4 Å². The largest absolute Gasteiger partial charge is 0.432 e. The summed E-state index contributed by atoms with van der Waals surface area (Å²) < 4.78 is 43.5. The van der Waals surface area contributed by atoms with Crippen LogP contribution in [-0.2, 0) is 16.1 Å². The minimum absolute atomic E-state index is 0.0788. The number of nitrogens with zero attached hydrogens (tertiary/aromatic N) is 2. The van der Waals surface area contributed by atoms with Gasteiger partial charge >= 0.3 is 18.4 Å². The van der Waals surface area contributed by atoms with E-state index >= 15 is 0 Å². The highest BCUT2D eigenvalue weighted by molar-refractivity contribution is 6.39. The van der Waals surface area contributed by atoms with Gasteiger partial charge in [-0.2, -0.15) is 13.9 Å². The lowest BCUT2D eigenvalue weighted by molar-refractivity contribution is -0.136. The van der Waals surface area contributed by atoms with Crippen LogP contribution in [0.15, 0.2) is 60.9 Å². The molecule has 7 nitrogen and oxygen atoms in total. The number of hydrogen-bond acceptors (Lipinski definition) is 4. The Morgan fingerprint density at radius 1 is 1.10 bits per heavy atom. The Hall–Kier alpha value is -3.82. The van der Waals surface area contributed by atoms with Crippen molar-refractivity contribution < 1.29 is 27.5 Å². The zero-order chi connectivity index (χ0) is 20.8. The van der Waals surface area contributed by atoms with E-state index in [2.05, 4.69) is 20.5 Å². The summed E-state index contributed by atoms with van der Waals surface area (Å²) >= 11 is 0. The van der Waals surface area contributed by atoms with Crippen LogP contribution in [-0.4, -0.2) is 28.2 Å². The molecule has 0 saturated heterocycles. The standard InChI is InChI=1S/C19H15F3N4O3/c20-15-10-13(5-6-16(15)29-19(21)22)25-18(28)17(27)23-11-12-3-1-4-14(9-12)26-8-2-7-24-26/h1-10,19H,11H2,(H,23,27)(H,25,28). The molecule has 0 spiro atoms. The summed E-state index contributed by atoms with van der Waals surface area (Å²) in [5, 5.41) is 8.74. The van der Waals surface area contributed by atoms with Gasteiger partial charge < -0.3 is 15.4 Å². The number of anilines is 1. The topological polar surface area (TPSA) is 85.2 Å². The van der Waals surface area contributed by atoms with Gasteiger partial charge in [0.2, 0.25) is 0 Å². The Balaban J connectivity index is 1.57. The van der Waals surface area contributed by atoms with Gasteiger partial charge in [0.05, 0.1) is 5.69 Å². The van der Waals surface area contributed by atoms with E-state index in [1.165, 1.54) is 0 Å². The van der Waals surface area contributed by atoms with Gasteiger partial charge in [0.25, 0.3) is 0 Å². The highest BCUT2D eigenvalue weighted by Crippen LogP contribution is 2.22. The van der Waals surface area contributed by atoms with Gasteiger partial charge in [-0.15, -0.1) is 0 Å². The van der Waals surface area contributed by atoms with Crippen LogP contribution in [0, 0.1) is 5.82 Å². The molecule has 2 aromatic carbocycles. The lowest BCUT2D eigenvalue weighted by Gasteiger charge is -2.10. The number of alkyl halides is 2. The van der Waals surface area contributed by atoms with Crippen LogP contribution in [0.25, 0.3) is 5.69 Å². The molecule has 1 heterocycles. The predicted molar refractivity (Wildman–Crippen MR) is 97.1 cm³/mol. The minimum Gasteiger partial charge on any atom is -0.432 e. The molecule has 3 aromatic rings. The van der Waals surface area contributed by atoms with Crippen LogP contribution in [0.2, 0.25) is 0 Å². The molecular formula is C19H15F3N4O3. The molecule has 0 bridgehead atoms. The number of aromatic nitrogens is 2.